The van der Waals surface area contributed by atoms with Crippen LogP contribution < -0.4 is 0 Å². The molecule has 4 nitrogen and oxygen atoms in total. The minimum atomic E-state index is -0.485. The van der Waals surface area contributed by atoms with Crippen molar-refractivity contribution >= 4 is 5.97 Å². The molecule has 0 amide bonds. The van der Waals surface area contributed by atoms with Gasteiger partial charge in [-0.3, -0.25) is 4.79 Å². The molecule has 1 aliphatic rings. The Morgan fingerprint density at radius 1 is 1.29 bits per heavy atom. The summed E-state index contributed by atoms with van der Waals surface area (Å²) in [7, 11) is 0. The summed E-state index contributed by atoms with van der Waals surface area (Å²) < 4.78 is 16.0. The van der Waals surface area contributed by atoms with Gasteiger partial charge in [-0.05, 0) is 19.4 Å². The number of ether oxygens (including phenoxy) is 3. The SMILES string of the molecule is CC(=O)OCc1ccc(C2OC(C)(C)O2)cc1. The van der Waals surface area contributed by atoms with Crippen molar-refractivity contribution in [1.82, 2.24) is 0 Å². The zero-order valence-electron chi connectivity index (χ0n) is 10.2. The Hall–Kier alpha value is -1.39. The molecule has 0 spiro atoms. The maximum absolute atomic E-state index is 10.7. The lowest BCUT2D eigenvalue weighted by Gasteiger charge is -2.42. The molecule has 2 rings (SSSR count). The van der Waals surface area contributed by atoms with Gasteiger partial charge in [-0.15, -0.1) is 0 Å². The first-order chi connectivity index (χ1) is 7.96. The largest absolute Gasteiger partial charge is 0.461 e. The van der Waals surface area contributed by atoms with Gasteiger partial charge in [0.1, 0.15) is 6.61 Å². The fourth-order valence-electron chi connectivity index (χ4n) is 1.62. The van der Waals surface area contributed by atoms with Crippen molar-refractivity contribution < 1.29 is 19.0 Å². The van der Waals surface area contributed by atoms with Crippen LogP contribution in [0.15, 0.2) is 24.3 Å². The smallest absolute Gasteiger partial charge is 0.302 e. The topological polar surface area (TPSA) is 44.8 Å². The van der Waals surface area contributed by atoms with E-state index in [4.69, 9.17) is 14.2 Å². The molecule has 1 saturated heterocycles. The van der Waals surface area contributed by atoms with Crippen molar-refractivity contribution in [2.24, 2.45) is 0 Å². The fourth-order valence-corrected chi connectivity index (χ4v) is 1.62. The van der Waals surface area contributed by atoms with Gasteiger partial charge >= 0.3 is 5.97 Å². The van der Waals surface area contributed by atoms with Crippen LogP contribution in [0.5, 0.6) is 0 Å². The molecule has 1 aromatic carbocycles. The number of esters is 1. The van der Waals surface area contributed by atoms with Gasteiger partial charge in [-0.2, -0.15) is 0 Å². The van der Waals surface area contributed by atoms with E-state index in [1.807, 2.05) is 38.1 Å². The number of carbonyl (C=O) groups is 1. The van der Waals surface area contributed by atoms with Gasteiger partial charge in [0.15, 0.2) is 12.1 Å². The van der Waals surface area contributed by atoms with E-state index in [-0.39, 0.29) is 12.3 Å². The molecule has 1 fully saturated rings. The Morgan fingerprint density at radius 2 is 1.88 bits per heavy atom. The third-order valence-electron chi connectivity index (χ3n) is 2.48. The molecular formula is C13H16O4. The van der Waals surface area contributed by atoms with Crippen molar-refractivity contribution in [3.8, 4) is 0 Å². The predicted octanol–water partition coefficient (Wildman–Crippen LogP) is 2.53. The summed E-state index contributed by atoms with van der Waals surface area (Å²) in [5.41, 5.74) is 1.92. The Bertz CT molecular complexity index is 400. The molecule has 4 heteroatoms. The molecule has 0 bridgehead atoms. The normalized spacial score (nSPS) is 18.5. The molecule has 1 aromatic rings. The second kappa shape index (κ2) is 4.47. The molecule has 0 saturated carbocycles. The van der Waals surface area contributed by atoms with Crippen LogP contribution in [0.2, 0.25) is 0 Å². The Balaban J connectivity index is 1.92. The number of benzene rings is 1. The number of carbonyl (C=O) groups excluding carboxylic acids is 1. The Morgan fingerprint density at radius 3 is 2.35 bits per heavy atom. The molecule has 17 heavy (non-hydrogen) atoms. The monoisotopic (exact) mass is 236 g/mol. The second-order valence-electron chi connectivity index (χ2n) is 4.49. The van der Waals surface area contributed by atoms with E-state index in [9.17, 15) is 4.79 Å². The van der Waals surface area contributed by atoms with Crippen LogP contribution in [0.1, 0.15) is 38.2 Å². The average Bonchev–Trinajstić information content (AvgIpc) is 2.24. The van der Waals surface area contributed by atoms with Gasteiger partial charge in [-0.1, -0.05) is 24.3 Å². The molecule has 92 valence electrons. The number of rotatable bonds is 3. The zero-order chi connectivity index (χ0) is 12.5. The van der Waals surface area contributed by atoms with Gasteiger partial charge in [0.05, 0.1) is 0 Å². The first-order valence-electron chi connectivity index (χ1n) is 5.54. The van der Waals surface area contributed by atoms with Crippen LogP contribution in [-0.2, 0) is 25.6 Å². The Kier molecular flexibility index (Phi) is 3.17. The molecule has 1 heterocycles. The van der Waals surface area contributed by atoms with Crippen LogP contribution in [-0.4, -0.2) is 11.8 Å². The van der Waals surface area contributed by atoms with Crippen LogP contribution in [0, 0.1) is 0 Å². The van der Waals surface area contributed by atoms with E-state index in [1.54, 1.807) is 0 Å². The summed E-state index contributed by atoms with van der Waals surface area (Å²) in [5, 5.41) is 0. The molecule has 0 atom stereocenters. The Labute approximate surface area is 100 Å². The van der Waals surface area contributed by atoms with E-state index in [1.165, 1.54) is 6.92 Å². The van der Waals surface area contributed by atoms with Crippen LogP contribution in [0.25, 0.3) is 0 Å². The maximum Gasteiger partial charge on any atom is 0.302 e. The van der Waals surface area contributed by atoms with Crippen LogP contribution in [0.4, 0.5) is 0 Å². The molecule has 0 unspecified atom stereocenters. The highest BCUT2D eigenvalue weighted by Crippen LogP contribution is 2.38. The average molecular weight is 236 g/mol. The predicted molar refractivity (Wildman–Crippen MR) is 60.9 cm³/mol. The van der Waals surface area contributed by atoms with Gasteiger partial charge in [-0.25, -0.2) is 0 Å². The van der Waals surface area contributed by atoms with Crippen molar-refractivity contribution in [3.63, 3.8) is 0 Å². The zero-order valence-corrected chi connectivity index (χ0v) is 10.2. The first kappa shape index (κ1) is 12.1. The highest BCUT2D eigenvalue weighted by Gasteiger charge is 2.39. The molecular weight excluding hydrogens is 220 g/mol. The van der Waals surface area contributed by atoms with Gasteiger partial charge in [0.2, 0.25) is 0 Å². The van der Waals surface area contributed by atoms with Crippen molar-refractivity contribution in [2.45, 2.75) is 39.5 Å². The van der Waals surface area contributed by atoms with E-state index in [0.29, 0.717) is 6.61 Å². The quantitative estimate of drug-likeness (QED) is 0.756. The number of hydrogen-bond acceptors (Lipinski definition) is 4. The summed E-state index contributed by atoms with van der Waals surface area (Å²) in [4.78, 5) is 10.7. The van der Waals surface area contributed by atoms with E-state index in [2.05, 4.69) is 0 Å². The summed E-state index contributed by atoms with van der Waals surface area (Å²) in [6, 6.07) is 7.63. The van der Waals surface area contributed by atoms with Crippen molar-refractivity contribution in [3.05, 3.63) is 35.4 Å². The maximum atomic E-state index is 10.7. The summed E-state index contributed by atoms with van der Waals surface area (Å²) in [5.74, 6) is -0.761. The van der Waals surface area contributed by atoms with Crippen molar-refractivity contribution in [2.75, 3.05) is 0 Å². The van der Waals surface area contributed by atoms with Crippen LogP contribution >= 0.6 is 0 Å². The minimum Gasteiger partial charge on any atom is -0.461 e. The minimum absolute atomic E-state index is 0.276. The van der Waals surface area contributed by atoms with E-state index in [0.717, 1.165) is 11.1 Å². The summed E-state index contributed by atoms with van der Waals surface area (Å²) in [6.07, 6.45) is -0.284. The number of hydrogen-bond donors (Lipinski definition) is 0. The lowest BCUT2D eigenvalue weighted by molar-refractivity contribution is -0.443. The molecule has 0 aromatic heterocycles. The molecule has 1 aliphatic heterocycles. The third kappa shape index (κ3) is 3.05. The lowest BCUT2D eigenvalue weighted by atomic mass is 10.1. The first-order valence-corrected chi connectivity index (χ1v) is 5.54. The van der Waals surface area contributed by atoms with Crippen molar-refractivity contribution in [1.29, 1.82) is 0 Å². The van der Waals surface area contributed by atoms with Gasteiger partial charge in [0, 0.05) is 12.5 Å². The summed E-state index contributed by atoms with van der Waals surface area (Å²) in [6.45, 7) is 5.44. The lowest BCUT2D eigenvalue weighted by Crippen LogP contribution is -2.43. The highest BCUT2D eigenvalue weighted by molar-refractivity contribution is 5.65. The standard InChI is InChI=1S/C13H16O4/c1-9(14)15-8-10-4-6-11(7-5-10)12-16-13(2,3)17-12/h4-7,12H,8H2,1-3H3. The van der Waals surface area contributed by atoms with Crippen LogP contribution in [0.3, 0.4) is 0 Å². The third-order valence-corrected chi connectivity index (χ3v) is 2.48. The molecule has 0 aliphatic carbocycles. The van der Waals surface area contributed by atoms with E-state index < -0.39 is 5.79 Å². The second-order valence-corrected chi connectivity index (χ2v) is 4.49. The highest BCUT2D eigenvalue weighted by atomic mass is 16.9. The van der Waals surface area contributed by atoms with Gasteiger partial charge in [0.25, 0.3) is 0 Å². The fraction of sp³-hybridized carbons (Fsp3) is 0.462. The van der Waals surface area contributed by atoms with Gasteiger partial charge < -0.3 is 14.2 Å². The summed E-state index contributed by atoms with van der Waals surface area (Å²) >= 11 is 0. The van der Waals surface area contributed by atoms with E-state index >= 15 is 0 Å². The molecule has 0 radical (unpaired) electrons. The molecule has 0 N–H and O–H groups in total.